The first kappa shape index (κ1) is 10.8. The van der Waals surface area contributed by atoms with Gasteiger partial charge < -0.3 is 4.98 Å². The Kier molecular flexibility index (Phi) is 3.93. The van der Waals surface area contributed by atoms with Crippen LogP contribution in [0.3, 0.4) is 0 Å². The molecule has 0 N–H and O–H groups in total. The summed E-state index contributed by atoms with van der Waals surface area (Å²) >= 11 is 0. The maximum Gasteiger partial charge on any atom is 0 e. The second kappa shape index (κ2) is 3.99. The van der Waals surface area contributed by atoms with E-state index in [1.165, 1.54) is 0 Å². The summed E-state index contributed by atoms with van der Waals surface area (Å²) in [5.74, 6) is 0. The van der Waals surface area contributed by atoms with Gasteiger partial charge in [-0.2, -0.15) is 12.1 Å². The predicted molar refractivity (Wildman–Crippen MR) is 41.8 cm³/mol. The summed E-state index contributed by atoms with van der Waals surface area (Å²) in [5.41, 5.74) is 1.34. The van der Waals surface area contributed by atoms with Crippen molar-refractivity contribution >= 4 is 0 Å². The molecular weight excluding hydrogens is 308 g/mol. The zero-order chi connectivity index (χ0) is 7.61. The number of hydrogen-bond acceptors (Lipinski definition) is 1. The average Bonchev–Trinajstić information content (AvgIpc) is 1.88. The van der Waals surface area contributed by atoms with Gasteiger partial charge in [0, 0.05) is 20.4 Å². The van der Waals surface area contributed by atoms with E-state index in [0.717, 1.165) is 5.56 Å². The van der Waals surface area contributed by atoms with Crippen LogP contribution in [-0.4, -0.2) is 4.98 Å². The van der Waals surface area contributed by atoms with E-state index < -0.39 is 0 Å². The van der Waals surface area contributed by atoms with Crippen LogP contribution in [-0.2, 0) is 25.8 Å². The van der Waals surface area contributed by atoms with Crippen molar-refractivity contribution in [3.05, 3.63) is 30.1 Å². The van der Waals surface area contributed by atoms with Gasteiger partial charge in [-0.3, -0.25) is 0 Å². The Labute approximate surface area is 81.9 Å². The molecule has 0 saturated heterocycles. The molecule has 1 radical (unpaired) electrons. The van der Waals surface area contributed by atoms with Crippen LogP contribution in [0.15, 0.2) is 18.3 Å². The van der Waals surface area contributed by atoms with Gasteiger partial charge in [0.05, 0.1) is 0 Å². The van der Waals surface area contributed by atoms with E-state index in [0.29, 0.717) is 0 Å². The number of aromatic nitrogens is 1. The van der Waals surface area contributed by atoms with Crippen molar-refractivity contribution in [1.29, 1.82) is 0 Å². The topological polar surface area (TPSA) is 12.9 Å². The molecule has 0 aromatic carbocycles. The minimum absolute atomic E-state index is 0. The number of rotatable bonds is 0. The Balaban J connectivity index is 0.000001000. The number of hydrogen-bond donors (Lipinski definition) is 0. The van der Waals surface area contributed by atoms with E-state index in [2.05, 4.69) is 32.0 Å². The van der Waals surface area contributed by atoms with Crippen LogP contribution in [0.4, 0.5) is 0 Å². The Morgan fingerprint density at radius 2 is 2.00 bits per heavy atom. The first-order valence-corrected chi connectivity index (χ1v) is 3.44. The molecule has 1 rings (SSSR count). The van der Waals surface area contributed by atoms with Crippen LogP contribution in [0.5, 0.6) is 0 Å². The molecule has 0 spiro atoms. The molecule has 0 bridgehead atoms. The molecule has 1 aromatic heterocycles. The van der Waals surface area contributed by atoms with Crippen molar-refractivity contribution in [2.24, 2.45) is 0 Å². The van der Waals surface area contributed by atoms with E-state index in [1.807, 2.05) is 12.1 Å². The molecular formula is C9H12NRe-. The monoisotopic (exact) mass is 321 g/mol. The van der Waals surface area contributed by atoms with Gasteiger partial charge in [-0.1, -0.05) is 33.2 Å². The predicted octanol–water partition coefficient (Wildman–Crippen LogP) is 2.18. The fourth-order valence-electron chi connectivity index (χ4n) is 0.744. The third kappa shape index (κ3) is 3.14. The summed E-state index contributed by atoms with van der Waals surface area (Å²) in [4.78, 5) is 3.93. The molecule has 0 saturated carbocycles. The fourth-order valence-corrected chi connectivity index (χ4v) is 0.744. The quantitative estimate of drug-likeness (QED) is 0.668. The van der Waals surface area contributed by atoms with E-state index in [4.69, 9.17) is 0 Å². The third-order valence-corrected chi connectivity index (χ3v) is 1.42. The van der Waals surface area contributed by atoms with E-state index >= 15 is 0 Å². The van der Waals surface area contributed by atoms with Gasteiger partial charge in [-0.25, -0.2) is 0 Å². The Morgan fingerprint density at radius 3 is 2.27 bits per heavy atom. The molecule has 0 amide bonds. The standard InChI is InChI=1S/C9H12N.Re/c1-9(2,3)8-5-4-6-10-7-8;/h4-6H,1-3H3;/q-1;. The Bertz CT molecular complexity index is 201. The fraction of sp³-hybridized carbons (Fsp3) is 0.444. The normalized spacial score (nSPS) is 10.5. The van der Waals surface area contributed by atoms with Gasteiger partial charge in [0.2, 0.25) is 0 Å². The summed E-state index contributed by atoms with van der Waals surface area (Å²) < 4.78 is 0. The maximum absolute atomic E-state index is 3.93. The number of pyridine rings is 1. The van der Waals surface area contributed by atoms with Crippen LogP contribution in [0, 0.1) is 6.20 Å². The van der Waals surface area contributed by atoms with Gasteiger partial charge in [-0.05, 0) is 5.41 Å². The Morgan fingerprint density at radius 1 is 1.36 bits per heavy atom. The second-order valence-corrected chi connectivity index (χ2v) is 3.41. The van der Waals surface area contributed by atoms with Crippen molar-refractivity contribution < 1.29 is 20.4 Å². The van der Waals surface area contributed by atoms with Crippen molar-refractivity contribution in [3.8, 4) is 0 Å². The first-order valence-electron chi connectivity index (χ1n) is 3.44. The molecule has 0 fully saturated rings. The molecule has 61 valence electrons. The van der Waals surface area contributed by atoms with Crippen molar-refractivity contribution in [2.45, 2.75) is 26.2 Å². The van der Waals surface area contributed by atoms with Crippen LogP contribution in [0.2, 0.25) is 0 Å². The summed E-state index contributed by atoms with van der Waals surface area (Å²) in [5, 5.41) is 0. The van der Waals surface area contributed by atoms with E-state index in [1.54, 1.807) is 6.20 Å². The first-order chi connectivity index (χ1) is 4.61. The summed E-state index contributed by atoms with van der Waals surface area (Å²) in [6.45, 7) is 6.46. The van der Waals surface area contributed by atoms with E-state index in [9.17, 15) is 0 Å². The van der Waals surface area contributed by atoms with Crippen LogP contribution >= 0.6 is 0 Å². The smallest absolute Gasteiger partial charge is 0 e. The molecule has 2 heteroatoms. The minimum atomic E-state index is 0. The molecule has 0 atom stereocenters. The van der Waals surface area contributed by atoms with Gasteiger partial charge in [0.1, 0.15) is 0 Å². The molecule has 0 aliphatic heterocycles. The largest absolute Gasteiger partial charge is 0.394 e. The molecule has 0 aliphatic rings. The van der Waals surface area contributed by atoms with Gasteiger partial charge in [0.25, 0.3) is 0 Å². The van der Waals surface area contributed by atoms with Gasteiger partial charge >= 0.3 is 0 Å². The zero-order valence-corrected chi connectivity index (χ0v) is 9.77. The molecule has 1 heterocycles. The van der Waals surface area contributed by atoms with Crippen molar-refractivity contribution in [2.75, 3.05) is 0 Å². The van der Waals surface area contributed by atoms with Gasteiger partial charge in [-0.15, -0.1) is 5.56 Å². The molecule has 0 aliphatic carbocycles. The molecule has 1 aromatic rings. The Hall–Kier alpha value is -0.188. The van der Waals surface area contributed by atoms with Gasteiger partial charge in [0.15, 0.2) is 0 Å². The van der Waals surface area contributed by atoms with Crippen LogP contribution in [0.1, 0.15) is 26.3 Å². The van der Waals surface area contributed by atoms with Crippen LogP contribution in [0.25, 0.3) is 0 Å². The SMILES string of the molecule is CC(C)(C)c1[c-]nccc1.[Re]. The minimum Gasteiger partial charge on any atom is -0.394 e. The summed E-state index contributed by atoms with van der Waals surface area (Å²) in [7, 11) is 0. The average molecular weight is 320 g/mol. The summed E-state index contributed by atoms with van der Waals surface area (Å²) in [6, 6.07) is 3.99. The molecule has 11 heavy (non-hydrogen) atoms. The maximum atomic E-state index is 3.93. The second-order valence-electron chi connectivity index (χ2n) is 3.41. The third-order valence-electron chi connectivity index (χ3n) is 1.42. The molecule has 0 unspecified atom stereocenters. The zero-order valence-electron chi connectivity index (χ0n) is 7.06. The summed E-state index contributed by atoms with van der Waals surface area (Å²) in [6.07, 6.45) is 4.70. The van der Waals surface area contributed by atoms with Crippen molar-refractivity contribution in [3.63, 3.8) is 0 Å². The van der Waals surface area contributed by atoms with E-state index in [-0.39, 0.29) is 25.8 Å². The van der Waals surface area contributed by atoms with Crippen LogP contribution < -0.4 is 0 Å². The number of nitrogens with zero attached hydrogens (tertiary/aromatic N) is 1. The molecule has 1 nitrogen and oxygen atoms in total. The van der Waals surface area contributed by atoms with Crippen molar-refractivity contribution in [1.82, 2.24) is 4.98 Å².